The number of carbonyl (C=O) groups excluding carboxylic acids is 1. The molecule has 0 aliphatic carbocycles. The van der Waals surface area contributed by atoms with Crippen molar-refractivity contribution in [3.05, 3.63) is 59.0 Å². The summed E-state index contributed by atoms with van der Waals surface area (Å²) in [5.74, 6) is 0.457. The van der Waals surface area contributed by atoms with Gasteiger partial charge in [0.15, 0.2) is 5.17 Å². The zero-order chi connectivity index (χ0) is 18.7. The molecule has 1 heterocycles. The molecule has 26 heavy (non-hydrogen) atoms. The minimum atomic E-state index is -3.74. The highest BCUT2D eigenvalue weighted by atomic mass is 32.2. The zero-order valence-electron chi connectivity index (χ0n) is 13.7. The molecule has 1 saturated heterocycles. The minimum absolute atomic E-state index is 0.0185. The van der Waals surface area contributed by atoms with Crippen LogP contribution in [0.5, 0.6) is 5.75 Å². The Balaban J connectivity index is 1.78. The van der Waals surface area contributed by atoms with Gasteiger partial charge in [-0.1, -0.05) is 12.1 Å². The van der Waals surface area contributed by atoms with E-state index in [0.717, 1.165) is 5.75 Å². The number of nitrogens with two attached hydrogens (primary N) is 1. The Morgan fingerprint density at radius 2 is 1.77 bits per heavy atom. The highest BCUT2D eigenvalue weighted by Gasteiger charge is 2.23. The maximum absolute atomic E-state index is 12.1. The fraction of sp³-hybridized carbons (Fsp3) is 0.0588. The molecule has 0 radical (unpaired) electrons. The number of hydrogen-bond acceptors (Lipinski definition) is 6. The Morgan fingerprint density at radius 3 is 2.35 bits per heavy atom. The van der Waals surface area contributed by atoms with Gasteiger partial charge >= 0.3 is 0 Å². The van der Waals surface area contributed by atoms with E-state index in [4.69, 9.17) is 9.88 Å². The normalized spacial score (nSPS) is 17.5. The Bertz CT molecular complexity index is 995. The lowest BCUT2D eigenvalue weighted by Gasteiger charge is -2.00. The van der Waals surface area contributed by atoms with Crippen LogP contribution in [0.3, 0.4) is 0 Å². The van der Waals surface area contributed by atoms with Crippen LogP contribution in [0, 0.1) is 0 Å². The second kappa shape index (κ2) is 7.32. The van der Waals surface area contributed by atoms with E-state index in [1.54, 1.807) is 49.6 Å². The number of sulfonamides is 1. The number of aliphatic imine (C=N–C) groups is 1. The van der Waals surface area contributed by atoms with Gasteiger partial charge < -0.3 is 10.1 Å². The molecular weight excluding hydrogens is 374 g/mol. The second-order valence-electron chi connectivity index (χ2n) is 5.29. The minimum Gasteiger partial charge on any atom is -0.497 e. The molecule has 134 valence electrons. The lowest BCUT2D eigenvalue weighted by molar-refractivity contribution is -0.115. The van der Waals surface area contributed by atoms with Crippen molar-refractivity contribution < 1.29 is 17.9 Å². The summed E-state index contributed by atoms with van der Waals surface area (Å²) in [6.07, 6.45) is 1.66. The van der Waals surface area contributed by atoms with Gasteiger partial charge in [-0.15, -0.1) is 0 Å². The third kappa shape index (κ3) is 4.31. The summed E-state index contributed by atoms with van der Waals surface area (Å²) in [5, 5.41) is 8.23. The summed E-state index contributed by atoms with van der Waals surface area (Å²) in [7, 11) is -2.16. The molecule has 3 N–H and O–H groups in total. The van der Waals surface area contributed by atoms with Crippen molar-refractivity contribution in [3.8, 4) is 5.75 Å². The van der Waals surface area contributed by atoms with Crippen molar-refractivity contribution in [2.24, 2.45) is 10.1 Å². The van der Waals surface area contributed by atoms with Gasteiger partial charge in [-0.3, -0.25) is 4.79 Å². The number of ether oxygens (including phenoxy) is 1. The predicted octanol–water partition coefficient (Wildman–Crippen LogP) is 2.23. The van der Waals surface area contributed by atoms with Gasteiger partial charge in [0.05, 0.1) is 22.6 Å². The first-order valence-electron chi connectivity index (χ1n) is 7.42. The second-order valence-corrected chi connectivity index (χ2v) is 7.89. The SMILES string of the molecule is COc1ccc(N=C2NC(=O)/C(=C/c3ccc(S(N)(=O)=O)cc3)S2)cc1. The van der Waals surface area contributed by atoms with Gasteiger partial charge in [-0.05, 0) is 59.8 Å². The number of benzene rings is 2. The van der Waals surface area contributed by atoms with Gasteiger partial charge in [0.25, 0.3) is 5.91 Å². The van der Waals surface area contributed by atoms with E-state index in [9.17, 15) is 13.2 Å². The zero-order valence-corrected chi connectivity index (χ0v) is 15.3. The van der Waals surface area contributed by atoms with Crippen LogP contribution in [-0.2, 0) is 14.8 Å². The Hall–Kier alpha value is -2.62. The molecule has 3 rings (SSSR count). The number of methoxy groups -OCH3 is 1. The van der Waals surface area contributed by atoms with E-state index in [-0.39, 0.29) is 10.8 Å². The largest absolute Gasteiger partial charge is 0.497 e. The first-order chi connectivity index (χ1) is 12.3. The Morgan fingerprint density at radius 1 is 1.12 bits per heavy atom. The van der Waals surface area contributed by atoms with Crippen LogP contribution < -0.4 is 15.2 Å². The number of hydrogen-bond donors (Lipinski definition) is 2. The molecule has 2 aromatic rings. The number of carbonyl (C=O) groups is 1. The molecule has 7 nitrogen and oxygen atoms in total. The maximum Gasteiger partial charge on any atom is 0.264 e. The van der Waals surface area contributed by atoms with E-state index in [2.05, 4.69) is 10.3 Å². The molecule has 0 unspecified atom stereocenters. The Kier molecular flexibility index (Phi) is 5.12. The summed E-state index contributed by atoms with van der Waals surface area (Å²) in [5.41, 5.74) is 1.37. The van der Waals surface area contributed by atoms with Crippen molar-refractivity contribution in [1.82, 2.24) is 5.32 Å². The molecular formula is C17H15N3O4S2. The fourth-order valence-electron chi connectivity index (χ4n) is 2.16. The van der Waals surface area contributed by atoms with Crippen molar-refractivity contribution in [1.29, 1.82) is 0 Å². The van der Waals surface area contributed by atoms with Crippen molar-refractivity contribution in [2.45, 2.75) is 4.90 Å². The molecule has 9 heteroatoms. The van der Waals surface area contributed by atoms with Crippen molar-refractivity contribution >= 4 is 44.6 Å². The molecule has 1 aliphatic heterocycles. The van der Waals surface area contributed by atoms with Gasteiger partial charge in [-0.25, -0.2) is 18.5 Å². The van der Waals surface area contributed by atoms with E-state index in [1.807, 2.05) is 0 Å². The van der Waals surface area contributed by atoms with Crippen LogP contribution in [0.4, 0.5) is 5.69 Å². The number of nitrogens with zero attached hydrogens (tertiary/aromatic N) is 1. The Labute approximate surface area is 155 Å². The molecule has 1 fully saturated rings. The van der Waals surface area contributed by atoms with Crippen LogP contribution in [-0.4, -0.2) is 26.6 Å². The summed E-state index contributed by atoms with van der Waals surface area (Å²) >= 11 is 1.20. The molecule has 1 aliphatic rings. The van der Waals surface area contributed by atoms with Gasteiger partial charge in [0.1, 0.15) is 5.75 Å². The third-order valence-electron chi connectivity index (χ3n) is 3.46. The molecule has 0 atom stereocenters. The van der Waals surface area contributed by atoms with Crippen molar-refractivity contribution in [2.75, 3.05) is 7.11 Å². The van der Waals surface area contributed by atoms with E-state index < -0.39 is 10.0 Å². The van der Waals surface area contributed by atoms with Crippen LogP contribution >= 0.6 is 11.8 Å². The van der Waals surface area contributed by atoms with Gasteiger partial charge in [0.2, 0.25) is 10.0 Å². The molecule has 0 spiro atoms. The third-order valence-corrected chi connectivity index (χ3v) is 5.30. The number of amides is 1. The van der Waals surface area contributed by atoms with Crippen LogP contribution in [0.1, 0.15) is 5.56 Å². The summed E-state index contributed by atoms with van der Waals surface area (Å²) in [6.45, 7) is 0. The summed E-state index contributed by atoms with van der Waals surface area (Å²) in [6, 6.07) is 13.1. The fourth-order valence-corrected chi connectivity index (χ4v) is 3.52. The highest BCUT2D eigenvalue weighted by molar-refractivity contribution is 8.18. The standard InChI is InChI=1S/C17H15N3O4S2/c1-24-13-6-4-12(5-7-13)19-17-20-16(21)15(25-17)10-11-2-8-14(9-3-11)26(18,22)23/h2-10H,1H3,(H2,18,22,23)(H,19,20,21)/b15-10-. The first-order valence-corrected chi connectivity index (χ1v) is 9.78. The molecule has 0 aromatic heterocycles. The average Bonchev–Trinajstić information content (AvgIpc) is 2.94. The number of amidine groups is 1. The monoisotopic (exact) mass is 389 g/mol. The van der Waals surface area contributed by atoms with E-state index in [0.29, 0.717) is 21.3 Å². The topological polar surface area (TPSA) is 111 Å². The van der Waals surface area contributed by atoms with E-state index in [1.165, 1.54) is 23.9 Å². The highest BCUT2D eigenvalue weighted by Crippen LogP contribution is 2.28. The number of primary sulfonamides is 1. The van der Waals surface area contributed by atoms with Gasteiger partial charge in [-0.2, -0.15) is 0 Å². The predicted molar refractivity (Wildman–Crippen MR) is 102 cm³/mol. The lowest BCUT2D eigenvalue weighted by atomic mass is 10.2. The summed E-state index contributed by atoms with van der Waals surface area (Å²) in [4.78, 5) is 16.9. The van der Waals surface area contributed by atoms with Crippen molar-refractivity contribution in [3.63, 3.8) is 0 Å². The van der Waals surface area contributed by atoms with E-state index >= 15 is 0 Å². The van der Waals surface area contributed by atoms with Crippen LogP contribution in [0.25, 0.3) is 6.08 Å². The van der Waals surface area contributed by atoms with Gasteiger partial charge in [0, 0.05) is 0 Å². The average molecular weight is 389 g/mol. The lowest BCUT2D eigenvalue weighted by Crippen LogP contribution is -2.19. The maximum atomic E-state index is 12.1. The molecule has 1 amide bonds. The first kappa shape index (κ1) is 18.2. The number of thioether (sulfide) groups is 1. The quantitative estimate of drug-likeness (QED) is 0.779. The van der Waals surface area contributed by atoms with Crippen LogP contribution in [0.2, 0.25) is 0 Å². The summed E-state index contributed by atoms with van der Waals surface area (Å²) < 4.78 is 27.6. The molecule has 0 bridgehead atoms. The van der Waals surface area contributed by atoms with Crippen LogP contribution in [0.15, 0.2) is 63.3 Å². The molecule has 2 aromatic carbocycles. The number of nitrogens with one attached hydrogen (secondary N) is 1. The number of rotatable bonds is 4. The smallest absolute Gasteiger partial charge is 0.264 e. The molecule has 0 saturated carbocycles.